The summed E-state index contributed by atoms with van der Waals surface area (Å²) in [4.78, 5) is 2.47. The van der Waals surface area contributed by atoms with Crippen LogP contribution < -0.4 is 5.73 Å². The Kier molecular flexibility index (Phi) is 2.02. The minimum Gasteiger partial charge on any atom is -0.329 e. The van der Waals surface area contributed by atoms with Gasteiger partial charge in [0.15, 0.2) is 0 Å². The van der Waals surface area contributed by atoms with Crippen molar-refractivity contribution in [2.75, 3.05) is 13.1 Å². The molecule has 1 aliphatic heterocycles. The van der Waals surface area contributed by atoms with E-state index in [0.717, 1.165) is 6.54 Å². The molecule has 0 amide bonds. The quantitative estimate of drug-likeness (QED) is 0.587. The highest BCUT2D eigenvalue weighted by molar-refractivity contribution is 4.91. The predicted molar refractivity (Wildman–Crippen MR) is 43.9 cm³/mol. The molecule has 1 fully saturated rings. The van der Waals surface area contributed by atoms with Crippen LogP contribution in [0.15, 0.2) is 0 Å². The molecule has 2 N–H and O–H groups in total. The van der Waals surface area contributed by atoms with Gasteiger partial charge in [0.1, 0.15) is 0 Å². The first kappa shape index (κ1) is 8.02. The van der Waals surface area contributed by atoms with E-state index >= 15 is 0 Å². The summed E-state index contributed by atoms with van der Waals surface area (Å²) in [5.41, 5.74) is 5.90. The number of rotatable bonds is 1. The van der Waals surface area contributed by atoms with Crippen molar-refractivity contribution in [3.63, 3.8) is 0 Å². The summed E-state index contributed by atoms with van der Waals surface area (Å²) >= 11 is 0. The molecule has 0 bridgehead atoms. The first-order valence-electron chi connectivity index (χ1n) is 4.02. The molecule has 1 saturated heterocycles. The normalized spacial score (nSPS) is 28.2. The summed E-state index contributed by atoms with van der Waals surface area (Å²) in [5.74, 6) is 0. The zero-order chi connectivity index (χ0) is 7.78. The number of hydrogen-bond donors (Lipinski definition) is 1. The van der Waals surface area contributed by atoms with Crippen LogP contribution in [0.2, 0.25) is 0 Å². The standard InChI is InChI=1S/C8H18N2/c1-8(2,3)10-5-4-7(10)6-9/h7H,4-6,9H2,1-3H3/t7-/m0/s1. The van der Waals surface area contributed by atoms with Crippen LogP contribution in [0.25, 0.3) is 0 Å². The molecule has 0 saturated carbocycles. The largest absolute Gasteiger partial charge is 0.329 e. The lowest BCUT2D eigenvalue weighted by Gasteiger charge is -2.49. The van der Waals surface area contributed by atoms with E-state index in [2.05, 4.69) is 25.7 Å². The second-order valence-electron chi connectivity index (χ2n) is 4.04. The van der Waals surface area contributed by atoms with Gasteiger partial charge in [0.05, 0.1) is 0 Å². The second-order valence-corrected chi connectivity index (χ2v) is 4.04. The van der Waals surface area contributed by atoms with E-state index in [4.69, 9.17) is 5.73 Å². The average Bonchev–Trinajstić information content (AvgIpc) is 1.57. The van der Waals surface area contributed by atoms with Crippen LogP contribution in [0, 0.1) is 0 Å². The molecule has 1 aliphatic rings. The summed E-state index contributed by atoms with van der Waals surface area (Å²) in [6.07, 6.45) is 1.29. The molecule has 2 nitrogen and oxygen atoms in total. The molecule has 10 heavy (non-hydrogen) atoms. The topological polar surface area (TPSA) is 29.3 Å². The van der Waals surface area contributed by atoms with Crippen LogP contribution in [0.4, 0.5) is 0 Å². The summed E-state index contributed by atoms with van der Waals surface area (Å²) in [6.45, 7) is 8.78. The molecule has 2 heteroatoms. The maximum atomic E-state index is 5.58. The minimum absolute atomic E-state index is 0.322. The smallest absolute Gasteiger partial charge is 0.0235 e. The van der Waals surface area contributed by atoms with E-state index in [0.29, 0.717) is 11.6 Å². The number of nitrogens with two attached hydrogens (primary N) is 1. The van der Waals surface area contributed by atoms with E-state index in [1.165, 1.54) is 13.0 Å². The van der Waals surface area contributed by atoms with Gasteiger partial charge in [-0.3, -0.25) is 4.90 Å². The van der Waals surface area contributed by atoms with Crippen LogP contribution in [-0.4, -0.2) is 29.6 Å². The predicted octanol–water partition coefficient (Wildman–Crippen LogP) is 0.818. The fourth-order valence-electron chi connectivity index (χ4n) is 1.57. The molecule has 0 aromatic heterocycles. The number of hydrogen-bond acceptors (Lipinski definition) is 2. The third-order valence-corrected chi connectivity index (χ3v) is 2.28. The SMILES string of the molecule is CC(C)(C)N1CC[C@H]1CN. The third-order valence-electron chi connectivity index (χ3n) is 2.28. The van der Waals surface area contributed by atoms with Crippen LogP contribution in [0.1, 0.15) is 27.2 Å². The fraction of sp³-hybridized carbons (Fsp3) is 1.00. The van der Waals surface area contributed by atoms with Gasteiger partial charge in [0, 0.05) is 24.7 Å². The monoisotopic (exact) mass is 142 g/mol. The van der Waals surface area contributed by atoms with Gasteiger partial charge in [-0.2, -0.15) is 0 Å². The highest BCUT2D eigenvalue weighted by Gasteiger charge is 2.34. The van der Waals surface area contributed by atoms with Crippen molar-refractivity contribution >= 4 is 0 Å². The zero-order valence-electron chi connectivity index (χ0n) is 7.22. The molecule has 0 aromatic rings. The first-order chi connectivity index (χ1) is 4.55. The van der Waals surface area contributed by atoms with E-state index < -0.39 is 0 Å². The highest BCUT2D eigenvalue weighted by Crippen LogP contribution is 2.26. The molecule has 0 aliphatic carbocycles. The average molecular weight is 142 g/mol. The summed E-state index contributed by atoms with van der Waals surface area (Å²) < 4.78 is 0. The molecule has 0 aromatic carbocycles. The molecule has 0 unspecified atom stereocenters. The molecule has 1 rings (SSSR count). The van der Waals surface area contributed by atoms with Crippen molar-refractivity contribution in [3.8, 4) is 0 Å². The Morgan fingerprint density at radius 2 is 2.10 bits per heavy atom. The Morgan fingerprint density at radius 3 is 2.20 bits per heavy atom. The summed E-state index contributed by atoms with van der Waals surface area (Å²) in [7, 11) is 0. The fourth-order valence-corrected chi connectivity index (χ4v) is 1.57. The molecular formula is C8H18N2. The summed E-state index contributed by atoms with van der Waals surface area (Å²) in [5, 5.41) is 0. The number of likely N-dealkylation sites (tertiary alicyclic amines) is 1. The van der Waals surface area contributed by atoms with Crippen LogP contribution >= 0.6 is 0 Å². The Morgan fingerprint density at radius 1 is 1.50 bits per heavy atom. The maximum Gasteiger partial charge on any atom is 0.0235 e. The first-order valence-corrected chi connectivity index (χ1v) is 4.02. The van der Waals surface area contributed by atoms with Crippen LogP contribution in [0.5, 0.6) is 0 Å². The second kappa shape index (κ2) is 2.51. The van der Waals surface area contributed by atoms with Gasteiger partial charge in [0.25, 0.3) is 0 Å². The van der Waals surface area contributed by atoms with Crippen molar-refractivity contribution in [2.45, 2.75) is 38.8 Å². The molecule has 0 spiro atoms. The van der Waals surface area contributed by atoms with E-state index in [-0.39, 0.29) is 0 Å². The highest BCUT2D eigenvalue weighted by atomic mass is 15.3. The molecule has 1 atom stereocenters. The van der Waals surface area contributed by atoms with Crippen LogP contribution in [-0.2, 0) is 0 Å². The third kappa shape index (κ3) is 1.32. The van der Waals surface area contributed by atoms with Crippen molar-refractivity contribution in [2.24, 2.45) is 5.73 Å². The molecule has 0 radical (unpaired) electrons. The van der Waals surface area contributed by atoms with Crippen molar-refractivity contribution in [1.29, 1.82) is 0 Å². The van der Waals surface area contributed by atoms with Gasteiger partial charge in [-0.1, -0.05) is 0 Å². The van der Waals surface area contributed by atoms with Gasteiger partial charge in [-0.05, 0) is 27.2 Å². The van der Waals surface area contributed by atoms with Gasteiger partial charge in [-0.15, -0.1) is 0 Å². The van der Waals surface area contributed by atoms with Crippen molar-refractivity contribution in [3.05, 3.63) is 0 Å². The van der Waals surface area contributed by atoms with E-state index in [1.807, 2.05) is 0 Å². The minimum atomic E-state index is 0.322. The lowest BCUT2D eigenvalue weighted by atomic mass is 9.93. The van der Waals surface area contributed by atoms with Crippen LogP contribution in [0.3, 0.4) is 0 Å². The molecule has 1 heterocycles. The van der Waals surface area contributed by atoms with Gasteiger partial charge in [0.2, 0.25) is 0 Å². The Labute approximate surface area is 63.4 Å². The molecule has 60 valence electrons. The van der Waals surface area contributed by atoms with Gasteiger partial charge < -0.3 is 5.73 Å². The van der Waals surface area contributed by atoms with Gasteiger partial charge >= 0.3 is 0 Å². The Hall–Kier alpha value is -0.0800. The van der Waals surface area contributed by atoms with E-state index in [9.17, 15) is 0 Å². The lowest BCUT2D eigenvalue weighted by Crippen LogP contribution is -2.59. The van der Waals surface area contributed by atoms with E-state index in [1.54, 1.807) is 0 Å². The Balaban J connectivity index is 2.43. The summed E-state index contributed by atoms with van der Waals surface area (Å²) in [6, 6.07) is 0.653. The maximum absolute atomic E-state index is 5.58. The lowest BCUT2D eigenvalue weighted by molar-refractivity contribution is 0.00685. The number of nitrogens with zero attached hydrogens (tertiary/aromatic N) is 1. The van der Waals surface area contributed by atoms with Crippen molar-refractivity contribution in [1.82, 2.24) is 4.90 Å². The zero-order valence-corrected chi connectivity index (χ0v) is 7.22. The Bertz CT molecular complexity index is 113. The van der Waals surface area contributed by atoms with Gasteiger partial charge in [-0.25, -0.2) is 0 Å². The van der Waals surface area contributed by atoms with Crippen molar-refractivity contribution < 1.29 is 0 Å². The molecular weight excluding hydrogens is 124 g/mol.